The van der Waals surface area contributed by atoms with Gasteiger partial charge in [0, 0.05) is 11.8 Å². The Labute approximate surface area is 100 Å². The third kappa shape index (κ3) is 1.84. The quantitative estimate of drug-likeness (QED) is 0.587. The van der Waals surface area contributed by atoms with Crippen molar-refractivity contribution < 1.29 is 0 Å². The Morgan fingerprint density at radius 2 is 1.50 bits per heavy atom. The average Bonchev–Trinajstić information content (AvgIpc) is 2.49. The zero-order valence-electron chi connectivity index (χ0n) is 8.91. The van der Waals surface area contributed by atoms with E-state index in [1.165, 1.54) is 12.4 Å². The lowest BCUT2D eigenvalue weighted by Gasteiger charge is -2.04. The predicted molar refractivity (Wildman–Crippen MR) is 57.5 cm³/mol. The van der Waals surface area contributed by atoms with Crippen LogP contribution in [0, 0.1) is 0 Å². The van der Waals surface area contributed by atoms with Gasteiger partial charge in [-0.25, -0.2) is 0 Å². The first-order valence-electron chi connectivity index (χ1n) is 4.93. The van der Waals surface area contributed by atoms with E-state index >= 15 is 0 Å². The van der Waals surface area contributed by atoms with E-state index in [4.69, 9.17) is 0 Å². The second-order valence-corrected chi connectivity index (χ2v) is 3.22. The van der Waals surface area contributed by atoms with Crippen LogP contribution in [0.25, 0.3) is 22.6 Å². The molecule has 9 heteroatoms. The van der Waals surface area contributed by atoms with E-state index in [2.05, 4.69) is 46.2 Å². The van der Waals surface area contributed by atoms with Gasteiger partial charge in [0.25, 0.3) is 0 Å². The first-order valence-corrected chi connectivity index (χ1v) is 4.93. The topological polar surface area (TPSA) is 116 Å². The van der Waals surface area contributed by atoms with Crippen molar-refractivity contribution >= 4 is 0 Å². The average molecular weight is 239 g/mol. The molecule has 3 aromatic rings. The minimum absolute atomic E-state index is 0.499. The van der Waals surface area contributed by atoms with Crippen LogP contribution in [0.3, 0.4) is 0 Å². The number of hydrogen-bond donors (Lipinski definition) is 0. The first kappa shape index (κ1) is 10.2. The number of pyridine rings is 1. The molecule has 9 nitrogen and oxygen atoms in total. The Bertz CT molecular complexity index is 584. The Morgan fingerprint density at radius 1 is 0.778 bits per heavy atom. The van der Waals surface area contributed by atoms with Crippen molar-refractivity contribution in [2.75, 3.05) is 0 Å². The summed E-state index contributed by atoms with van der Waals surface area (Å²) in [5, 5.41) is 28.9. The lowest BCUT2D eigenvalue weighted by Crippen LogP contribution is -1.99. The van der Waals surface area contributed by atoms with Crippen LogP contribution in [-0.4, -0.2) is 46.2 Å². The fraction of sp³-hybridized carbons (Fsp3) is 0. The van der Waals surface area contributed by atoms with Crippen LogP contribution >= 0.6 is 0 Å². The van der Waals surface area contributed by atoms with E-state index in [0.29, 0.717) is 17.1 Å². The molecule has 0 aliphatic heterocycles. The normalized spacial score (nSPS) is 10.2. The maximum Gasteiger partial charge on any atom is 0.134 e. The van der Waals surface area contributed by atoms with Gasteiger partial charge in [-0.2, -0.15) is 0 Å². The minimum atomic E-state index is 0.499. The van der Waals surface area contributed by atoms with Crippen molar-refractivity contribution in [2.24, 2.45) is 0 Å². The lowest BCUT2D eigenvalue weighted by molar-refractivity contribution is 0.762. The molecule has 0 saturated carbocycles. The molecule has 0 N–H and O–H groups in total. The van der Waals surface area contributed by atoms with Gasteiger partial charge in [0.2, 0.25) is 0 Å². The summed E-state index contributed by atoms with van der Waals surface area (Å²) in [4.78, 5) is 4.24. The summed E-state index contributed by atoms with van der Waals surface area (Å²) in [7, 11) is 0. The van der Waals surface area contributed by atoms with Crippen molar-refractivity contribution in [3.8, 4) is 22.6 Å². The van der Waals surface area contributed by atoms with Crippen molar-refractivity contribution in [3.63, 3.8) is 0 Å². The van der Waals surface area contributed by atoms with Gasteiger partial charge in [-0.05, 0) is 33.0 Å². The molecule has 0 amide bonds. The van der Waals surface area contributed by atoms with E-state index in [1.54, 1.807) is 12.3 Å². The molecule has 0 radical (unpaired) electrons. The zero-order valence-corrected chi connectivity index (χ0v) is 8.91. The molecule has 18 heavy (non-hydrogen) atoms. The molecule has 0 aromatic carbocycles. The maximum atomic E-state index is 4.24. The zero-order chi connectivity index (χ0) is 12.2. The highest BCUT2D eigenvalue weighted by molar-refractivity contribution is 5.75. The Kier molecular flexibility index (Phi) is 2.55. The number of nitrogens with zero attached hydrogens (tertiary/aromatic N) is 9. The second kappa shape index (κ2) is 4.49. The van der Waals surface area contributed by atoms with Crippen molar-refractivity contribution in [1.29, 1.82) is 0 Å². The molecular formula is C9H5N9. The number of aromatic nitrogens is 9. The Morgan fingerprint density at radius 3 is 2.17 bits per heavy atom. The smallest absolute Gasteiger partial charge is 0.134 e. The van der Waals surface area contributed by atoms with Crippen LogP contribution in [0.2, 0.25) is 0 Å². The van der Waals surface area contributed by atoms with Crippen LogP contribution in [0.4, 0.5) is 0 Å². The van der Waals surface area contributed by atoms with Gasteiger partial charge in [-0.15, -0.1) is 20.4 Å². The summed E-state index contributed by atoms with van der Waals surface area (Å²) in [6, 6.07) is 3.61. The van der Waals surface area contributed by atoms with Crippen LogP contribution < -0.4 is 0 Å². The molecule has 0 aliphatic carbocycles. The third-order valence-electron chi connectivity index (χ3n) is 2.17. The van der Waals surface area contributed by atoms with Crippen LogP contribution in [0.15, 0.2) is 30.7 Å². The molecule has 0 unspecified atom stereocenters. The van der Waals surface area contributed by atoms with Crippen LogP contribution in [-0.2, 0) is 0 Å². The molecule has 0 saturated heterocycles. The monoisotopic (exact) mass is 239 g/mol. The van der Waals surface area contributed by atoms with Crippen molar-refractivity contribution in [2.45, 2.75) is 0 Å². The summed E-state index contributed by atoms with van der Waals surface area (Å²) >= 11 is 0. The van der Waals surface area contributed by atoms with E-state index in [0.717, 1.165) is 5.56 Å². The highest BCUT2D eigenvalue weighted by Crippen LogP contribution is 2.25. The van der Waals surface area contributed by atoms with E-state index in [9.17, 15) is 0 Å². The van der Waals surface area contributed by atoms with Gasteiger partial charge in [-0.1, -0.05) is 0 Å². The highest BCUT2D eigenvalue weighted by atomic mass is 15.4. The van der Waals surface area contributed by atoms with E-state index < -0.39 is 0 Å². The van der Waals surface area contributed by atoms with Crippen molar-refractivity contribution in [3.05, 3.63) is 30.7 Å². The molecule has 3 heterocycles. The molecule has 0 fully saturated rings. The molecule has 3 aromatic heterocycles. The first-order chi connectivity index (χ1) is 8.95. The second-order valence-electron chi connectivity index (χ2n) is 3.22. The Balaban J connectivity index is 2.18. The van der Waals surface area contributed by atoms with Crippen LogP contribution in [0.5, 0.6) is 0 Å². The maximum absolute atomic E-state index is 4.24. The summed E-state index contributed by atoms with van der Waals surface area (Å²) < 4.78 is 0. The molecular weight excluding hydrogens is 234 g/mol. The summed E-state index contributed by atoms with van der Waals surface area (Å²) in [5.41, 5.74) is 2.36. The van der Waals surface area contributed by atoms with Gasteiger partial charge in [0.1, 0.15) is 17.1 Å². The fourth-order valence-electron chi connectivity index (χ4n) is 1.44. The van der Waals surface area contributed by atoms with Gasteiger partial charge < -0.3 is 0 Å². The summed E-state index contributed by atoms with van der Waals surface area (Å²) in [6.45, 7) is 0. The summed E-state index contributed by atoms with van der Waals surface area (Å²) in [5.74, 6) is 0. The largest absolute Gasteiger partial charge is 0.254 e. The molecule has 86 valence electrons. The van der Waals surface area contributed by atoms with Gasteiger partial charge in [0.05, 0.1) is 12.4 Å². The lowest BCUT2D eigenvalue weighted by atomic mass is 10.1. The molecule has 0 spiro atoms. The molecule has 0 bridgehead atoms. The standard InChI is InChI=1S/C9H5N9/c1-2-6(7-4-11-15-17-13-7)9(10-3-1)8-5-12-16-18-14-8/h1-5H. The SMILES string of the molecule is c1cnc(-c2cnnnn2)c(-c2cnnnn2)c1. The molecule has 0 atom stereocenters. The number of rotatable bonds is 2. The molecule has 0 aliphatic rings. The fourth-order valence-corrected chi connectivity index (χ4v) is 1.44. The highest BCUT2D eigenvalue weighted by Gasteiger charge is 2.12. The van der Waals surface area contributed by atoms with Crippen molar-refractivity contribution in [1.82, 2.24) is 46.2 Å². The minimum Gasteiger partial charge on any atom is -0.254 e. The number of hydrogen-bond acceptors (Lipinski definition) is 9. The Hall–Kier alpha value is -2.97. The van der Waals surface area contributed by atoms with Gasteiger partial charge in [-0.3, -0.25) is 4.98 Å². The van der Waals surface area contributed by atoms with Gasteiger partial charge >= 0.3 is 0 Å². The summed E-state index contributed by atoms with van der Waals surface area (Å²) in [6.07, 6.45) is 4.61. The third-order valence-corrected chi connectivity index (χ3v) is 2.17. The van der Waals surface area contributed by atoms with Gasteiger partial charge in [0.15, 0.2) is 0 Å². The van der Waals surface area contributed by atoms with E-state index in [1.807, 2.05) is 6.07 Å². The van der Waals surface area contributed by atoms with E-state index in [-0.39, 0.29) is 0 Å². The predicted octanol–water partition coefficient (Wildman–Crippen LogP) is -0.424. The van der Waals surface area contributed by atoms with Crippen LogP contribution in [0.1, 0.15) is 0 Å². The molecule has 3 rings (SSSR count).